The fraction of sp³-hybridized carbons (Fsp3) is 0.500. The predicted molar refractivity (Wildman–Crippen MR) is 43.1 cm³/mol. The van der Waals surface area contributed by atoms with Crippen LogP contribution in [0.3, 0.4) is 0 Å². The van der Waals surface area contributed by atoms with Gasteiger partial charge >= 0.3 is 0 Å². The summed E-state index contributed by atoms with van der Waals surface area (Å²) in [5.74, 6) is 3.16. The quantitative estimate of drug-likeness (QED) is 0.221. The molecule has 0 fully saturated rings. The molecule has 0 saturated heterocycles. The van der Waals surface area contributed by atoms with Crippen LogP contribution in [0.5, 0.6) is 0 Å². The summed E-state index contributed by atoms with van der Waals surface area (Å²) in [5.41, 5.74) is 4.03. The molecule has 7 heteroatoms. The van der Waals surface area contributed by atoms with Crippen molar-refractivity contribution in [3.8, 4) is 0 Å². The van der Waals surface area contributed by atoms with E-state index in [-0.39, 0.29) is 18.7 Å². The van der Waals surface area contributed by atoms with E-state index in [0.29, 0.717) is 0 Å². The van der Waals surface area contributed by atoms with Crippen molar-refractivity contribution >= 4 is 17.5 Å². The number of hydrazone groups is 1. The molecule has 0 spiro atoms. The Bertz CT molecular complexity index is 263. The van der Waals surface area contributed by atoms with Gasteiger partial charge in [0.15, 0.2) is 0 Å². The number of amides is 2. The Kier molecular flexibility index (Phi) is 2.93. The van der Waals surface area contributed by atoms with Gasteiger partial charge in [-0.2, -0.15) is 5.10 Å². The van der Waals surface area contributed by atoms with Gasteiger partial charge in [0.25, 0.3) is 5.91 Å². The van der Waals surface area contributed by atoms with Gasteiger partial charge in [-0.05, 0) is 6.42 Å². The van der Waals surface area contributed by atoms with Crippen LogP contribution in [0.2, 0.25) is 0 Å². The Balaban J connectivity index is 2.73. The van der Waals surface area contributed by atoms with E-state index in [1.165, 1.54) is 0 Å². The predicted octanol–water partition coefficient (Wildman–Crippen LogP) is -2.54. The maximum absolute atomic E-state index is 11.0. The van der Waals surface area contributed by atoms with E-state index < -0.39 is 17.7 Å². The van der Waals surface area contributed by atoms with Crippen LogP contribution in [-0.4, -0.2) is 29.2 Å². The third-order valence-corrected chi connectivity index (χ3v) is 1.71. The van der Waals surface area contributed by atoms with E-state index >= 15 is 0 Å². The van der Waals surface area contributed by atoms with Crippen LogP contribution in [0.25, 0.3) is 0 Å². The number of carbonyl (C=O) groups is 2. The number of hydrazine groups is 1. The van der Waals surface area contributed by atoms with Crippen molar-refractivity contribution in [2.24, 2.45) is 16.9 Å². The summed E-state index contributed by atoms with van der Waals surface area (Å²) in [6.45, 7) is -0.186. The zero-order valence-electron chi connectivity index (χ0n) is 6.78. The van der Waals surface area contributed by atoms with Crippen LogP contribution in [0, 0.1) is 5.92 Å². The van der Waals surface area contributed by atoms with Crippen LogP contribution >= 0.6 is 0 Å². The molecule has 2 amide bonds. The normalized spacial score (nSPS) is 20.9. The SMILES string of the molecule is NNC(=O)C1=NNC(=O)[C@@H]1CCO. The van der Waals surface area contributed by atoms with Crippen LogP contribution < -0.4 is 16.7 Å². The minimum atomic E-state index is -0.700. The first-order valence-corrected chi connectivity index (χ1v) is 3.70. The number of carbonyl (C=O) groups excluding carboxylic acids is 2. The summed E-state index contributed by atoms with van der Waals surface area (Å²) in [6, 6.07) is 0. The summed E-state index contributed by atoms with van der Waals surface area (Å²) in [4.78, 5) is 22.0. The Morgan fingerprint density at radius 1 is 1.77 bits per heavy atom. The first-order valence-electron chi connectivity index (χ1n) is 3.70. The molecule has 1 aliphatic rings. The molecule has 1 rings (SSSR count). The highest BCUT2D eigenvalue weighted by molar-refractivity contribution is 6.44. The molecule has 72 valence electrons. The number of aliphatic hydroxyl groups is 1. The van der Waals surface area contributed by atoms with Crippen LogP contribution in [0.4, 0.5) is 0 Å². The number of hydrogen-bond donors (Lipinski definition) is 4. The monoisotopic (exact) mass is 186 g/mol. The second-order valence-electron chi connectivity index (χ2n) is 2.51. The molecular formula is C6H10N4O3. The van der Waals surface area contributed by atoms with Gasteiger partial charge in [0.1, 0.15) is 5.71 Å². The maximum Gasteiger partial charge on any atom is 0.282 e. The molecule has 1 aliphatic heterocycles. The largest absolute Gasteiger partial charge is 0.396 e. The van der Waals surface area contributed by atoms with Gasteiger partial charge < -0.3 is 5.11 Å². The molecule has 0 unspecified atom stereocenters. The van der Waals surface area contributed by atoms with Gasteiger partial charge in [0, 0.05) is 6.61 Å². The topological polar surface area (TPSA) is 117 Å². The molecule has 13 heavy (non-hydrogen) atoms. The first-order chi connectivity index (χ1) is 6.20. The standard InChI is InChI=1S/C6H10N4O3/c7-8-6(13)4-3(1-2-11)5(12)10-9-4/h3,11H,1-2,7H2,(H,8,13)(H,10,12)/t3-/m1/s1. The molecule has 0 bridgehead atoms. The minimum absolute atomic E-state index is 0.0153. The summed E-state index contributed by atoms with van der Waals surface area (Å²) in [5, 5.41) is 12.1. The number of nitrogens with one attached hydrogen (secondary N) is 2. The zero-order chi connectivity index (χ0) is 9.84. The van der Waals surface area contributed by atoms with E-state index in [1.807, 2.05) is 5.43 Å². The molecule has 1 heterocycles. The lowest BCUT2D eigenvalue weighted by atomic mass is 10.00. The van der Waals surface area contributed by atoms with Crippen LogP contribution in [0.15, 0.2) is 5.10 Å². The van der Waals surface area contributed by atoms with Gasteiger partial charge in [0.05, 0.1) is 5.92 Å². The Hall–Kier alpha value is -1.47. The number of nitrogens with zero attached hydrogens (tertiary/aromatic N) is 1. The average molecular weight is 186 g/mol. The number of nitrogens with two attached hydrogens (primary N) is 1. The van der Waals surface area contributed by atoms with Crippen molar-refractivity contribution < 1.29 is 14.7 Å². The summed E-state index contributed by atoms with van der Waals surface area (Å²) < 4.78 is 0. The molecule has 0 aromatic carbocycles. The summed E-state index contributed by atoms with van der Waals surface area (Å²) >= 11 is 0. The van der Waals surface area contributed by atoms with Gasteiger partial charge in [-0.15, -0.1) is 0 Å². The highest BCUT2D eigenvalue weighted by Crippen LogP contribution is 2.10. The van der Waals surface area contributed by atoms with Crippen molar-refractivity contribution in [2.45, 2.75) is 6.42 Å². The number of rotatable bonds is 3. The van der Waals surface area contributed by atoms with Crippen molar-refractivity contribution in [1.29, 1.82) is 0 Å². The fourth-order valence-corrected chi connectivity index (χ4v) is 1.08. The Morgan fingerprint density at radius 3 is 3.00 bits per heavy atom. The Morgan fingerprint density at radius 2 is 2.46 bits per heavy atom. The molecule has 0 saturated carbocycles. The van der Waals surface area contributed by atoms with E-state index in [0.717, 1.165) is 0 Å². The van der Waals surface area contributed by atoms with Crippen molar-refractivity contribution in [3.63, 3.8) is 0 Å². The summed E-state index contributed by atoms with van der Waals surface area (Å²) in [7, 11) is 0. The van der Waals surface area contributed by atoms with E-state index in [9.17, 15) is 9.59 Å². The minimum Gasteiger partial charge on any atom is -0.396 e. The van der Waals surface area contributed by atoms with E-state index in [4.69, 9.17) is 10.9 Å². The average Bonchev–Trinajstić information content (AvgIpc) is 2.48. The smallest absolute Gasteiger partial charge is 0.282 e. The molecule has 1 atom stereocenters. The molecule has 0 aromatic rings. The molecule has 0 aromatic heterocycles. The van der Waals surface area contributed by atoms with Crippen molar-refractivity contribution in [3.05, 3.63) is 0 Å². The second kappa shape index (κ2) is 3.97. The van der Waals surface area contributed by atoms with Crippen LogP contribution in [0.1, 0.15) is 6.42 Å². The highest BCUT2D eigenvalue weighted by atomic mass is 16.3. The van der Waals surface area contributed by atoms with Gasteiger partial charge in [-0.1, -0.05) is 0 Å². The second-order valence-corrected chi connectivity index (χ2v) is 2.51. The lowest BCUT2D eigenvalue weighted by molar-refractivity contribution is -0.123. The molecule has 0 aliphatic carbocycles. The van der Waals surface area contributed by atoms with E-state index in [1.54, 1.807) is 0 Å². The number of aliphatic hydroxyl groups excluding tert-OH is 1. The van der Waals surface area contributed by atoms with Gasteiger partial charge in [-0.25, -0.2) is 11.3 Å². The lowest BCUT2D eigenvalue weighted by Gasteiger charge is -2.06. The first kappa shape index (κ1) is 9.62. The third kappa shape index (κ3) is 1.82. The molecular weight excluding hydrogens is 176 g/mol. The fourth-order valence-electron chi connectivity index (χ4n) is 1.08. The van der Waals surface area contributed by atoms with Gasteiger partial charge in [-0.3, -0.25) is 15.0 Å². The highest BCUT2D eigenvalue weighted by Gasteiger charge is 2.33. The molecule has 5 N–H and O–H groups in total. The van der Waals surface area contributed by atoms with Crippen LogP contribution in [-0.2, 0) is 9.59 Å². The van der Waals surface area contributed by atoms with Crippen molar-refractivity contribution in [1.82, 2.24) is 10.9 Å². The summed E-state index contributed by atoms with van der Waals surface area (Å²) in [6.07, 6.45) is 0.165. The maximum atomic E-state index is 11.0. The molecule has 7 nitrogen and oxygen atoms in total. The third-order valence-electron chi connectivity index (χ3n) is 1.71. The number of hydrogen-bond acceptors (Lipinski definition) is 5. The van der Waals surface area contributed by atoms with E-state index in [2.05, 4.69) is 10.5 Å². The van der Waals surface area contributed by atoms with Crippen molar-refractivity contribution in [2.75, 3.05) is 6.61 Å². The lowest BCUT2D eigenvalue weighted by Crippen LogP contribution is -2.40. The Labute approximate surface area is 74.0 Å². The zero-order valence-corrected chi connectivity index (χ0v) is 6.78. The van der Waals surface area contributed by atoms with Gasteiger partial charge in [0.2, 0.25) is 5.91 Å². The molecule has 0 radical (unpaired) electrons.